The first kappa shape index (κ1) is 16.6. The third-order valence-electron chi connectivity index (χ3n) is 3.43. The van der Waals surface area contributed by atoms with Gasteiger partial charge < -0.3 is 14.3 Å². The Labute approximate surface area is 147 Å². The number of benzene rings is 1. The van der Waals surface area contributed by atoms with Crippen LogP contribution in [0.4, 0.5) is 4.79 Å². The molecule has 2 heterocycles. The van der Waals surface area contributed by atoms with Crippen molar-refractivity contribution < 1.29 is 23.9 Å². The van der Waals surface area contributed by atoms with Gasteiger partial charge in [-0.25, -0.2) is 0 Å². The highest BCUT2D eigenvalue weighted by molar-refractivity contribution is 8.18. The summed E-state index contributed by atoms with van der Waals surface area (Å²) in [4.78, 5) is 35.8. The van der Waals surface area contributed by atoms with Gasteiger partial charge in [0.25, 0.3) is 11.1 Å². The van der Waals surface area contributed by atoms with Crippen LogP contribution in [0.5, 0.6) is 0 Å². The molecule has 0 atom stereocenters. The van der Waals surface area contributed by atoms with E-state index in [0.717, 1.165) is 16.7 Å². The molecule has 1 aromatic carbocycles. The van der Waals surface area contributed by atoms with Crippen LogP contribution in [0.15, 0.2) is 45.7 Å². The molecule has 0 N–H and O–H groups in total. The van der Waals surface area contributed by atoms with Gasteiger partial charge in [-0.1, -0.05) is 30.2 Å². The van der Waals surface area contributed by atoms with Gasteiger partial charge in [-0.3, -0.25) is 14.5 Å². The van der Waals surface area contributed by atoms with Crippen molar-refractivity contribution in [3.05, 3.63) is 52.6 Å². The Morgan fingerprint density at radius 3 is 2.60 bits per heavy atom. The Morgan fingerprint density at radius 1 is 1.24 bits per heavy atom. The minimum absolute atomic E-state index is 0.0673. The number of thioether (sulfide) groups is 1. The third-order valence-corrected chi connectivity index (χ3v) is 4.34. The molecule has 0 saturated carbocycles. The first-order valence-corrected chi connectivity index (χ1v) is 7.91. The summed E-state index contributed by atoms with van der Waals surface area (Å²) in [5.41, 5.74) is 0.739. The topological polar surface area (TPSA) is 90.7 Å². The van der Waals surface area contributed by atoms with Crippen LogP contribution in [-0.2, 0) is 4.79 Å². The summed E-state index contributed by atoms with van der Waals surface area (Å²) in [6.07, 6.45) is 6.62. The van der Waals surface area contributed by atoms with E-state index in [1.54, 1.807) is 24.3 Å². The van der Waals surface area contributed by atoms with E-state index >= 15 is 0 Å². The molecule has 0 spiro atoms. The number of carbonyl (C=O) groups is 3. The van der Waals surface area contributed by atoms with Crippen LogP contribution in [0.2, 0.25) is 0 Å². The van der Waals surface area contributed by atoms with Crippen molar-refractivity contribution in [2.24, 2.45) is 0 Å². The van der Waals surface area contributed by atoms with E-state index in [4.69, 9.17) is 10.8 Å². The number of hydrogen-bond acceptors (Lipinski definition) is 6. The molecule has 3 rings (SSSR count). The van der Waals surface area contributed by atoms with Crippen molar-refractivity contribution in [2.45, 2.75) is 0 Å². The lowest BCUT2D eigenvalue weighted by molar-refractivity contribution is -0.255. The van der Waals surface area contributed by atoms with E-state index in [1.807, 2.05) is 0 Å². The van der Waals surface area contributed by atoms with Crippen molar-refractivity contribution in [3.8, 4) is 23.7 Å². The fraction of sp³-hybridized carbons (Fsp3) is 0.0556. The molecule has 6 nitrogen and oxygen atoms in total. The molecule has 1 aromatic heterocycles. The first-order chi connectivity index (χ1) is 12.0. The van der Waals surface area contributed by atoms with Crippen LogP contribution in [0, 0.1) is 12.3 Å². The maximum absolute atomic E-state index is 12.1. The summed E-state index contributed by atoms with van der Waals surface area (Å²) in [5, 5.41) is 10.3. The molecule has 1 saturated heterocycles. The van der Waals surface area contributed by atoms with E-state index in [2.05, 4.69) is 5.92 Å². The van der Waals surface area contributed by atoms with Crippen molar-refractivity contribution >= 4 is 35.0 Å². The summed E-state index contributed by atoms with van der Waals surface area (Å²) in [7, 11) is 0. The molecule has 0 aliphatic carbocycles. The van der Waals surface area contributed by atoms with Crippen LogP contribution in [0.25, 0.3) is 17.4 Å². The van der Waals surface area contributed by atoms with E-state index in [-0.39, 0.29) is 17.0 Å². The number of carboxylic acids is 1. The Morgan fingerprint density at radius 2 is 1.96 bits per heavy atom. The largest absolute Gasteiger partial charge is 0.545 e. The molecule has 1 aliphatic heterocycles. The summed E-state index contributed by atoms with van der Waals surface area (Å²) < 4.78 is 5.64. The van der Waals surface area contributed by atoms with Crippen molar-refractivity contribution in [2.75, 3.05) is 6.54 Å². The third kappa shape index (κ3) is 3.34. The van der Waals surface area contributed by atoms with E-state index in [0.29, 0.717) is 17.1 Å². The average Bonchev–Trinajstić information content (AvgIpc) is 3.16. The molecule has 1 aliphatic rings. The number of nitrogens with zero attached hydrogens (tertiary/aromatic N) is 1. The monoisotopic (exact) mass is 352 g/mol. The Hall–Kier alpha value is -3.24. The van der Waals surface area contributed by atoms with E-state index in [9.17, 15) is 19.5 Å². The standard InChI is InChI=1S/C18H11NO5S/c1-2-9-19-16(20)15(25-18(19)23)10-13-7-8-14(24-13)11-3-5-12(6-4-11)17(21)22/h1,3-8,10H,9H2,(H,21,22)/p-1/b15-10-. The molecule has 1 fully saturated rings. The normalized spacial score (nSPS) is 15.6. The highest BCUT2D eigenvalue weighted by Crippen LogP contribution is 2.33. The van der Waals surface area contributed by atoms with Crippen LogP contribution in [0.1, 0.15) is 16.1 Å². The molecule has 7 heteroatoms. The van der Waals surface area contributed by atoms with Crippen LogP contribution in [-0.4, -0.2) is 28.6 Å². The maximum Gasteiger partial charge on any atom is 0.294 e. The number of hydrogen-bond donors (Lipinski definition) is 0. The number of aromatic carboxylic acids is 1. The molecule has 25 heavy (non-hydrogen) atoms. The average molecular weight is 352 g/mol. The maximum atomic E-state index is 12.1. The molecule has 0 unspecified atom stereocenters. The van der Waals surface area contributed by atoms with Gasteiger partial charge in [0, 0.05) is 11.6 Å². The minimum Gasteiger partial charge on any atom is -0.545 e. The van der Waals surface area contributed by atoms with Crippen molar-refractivity contribution in [1.82, 2.24) is 4.90 Å². The quantitative estimate of drug-likeness (QED) is 0.617. The van der Waals surface area contributed by atoms with Crippen LogP contribution in [0.3, 0.4) is 0 Å². The van der Waals surface area contributed by atoms with Gasteiger partial charge in [0.1, 0.15) is 11.5 Å². The van der Waals surface area contributed by atoms with Gasteiger partial charge >= 0.3 is 0 Å². The van der Waals surface area contributed by atoms with Crippen LogP contribution >= 0.6 is 11.8 Å². The number of rotatable bonds is 4. The van der Waals surface area contributed by atoms with Gasteiger partial charge in [-0.15, -0.1) is 6.42 Å². The second kappa shape index (κ2) is 6.71. The summed E-state index contributed by atoms with van der Waals surface area (Å²) in [5.74, 6) is 1.45. The van der Waals surface area contributed by atoms with Gasteiger partial charge in [-0.2, -0.15) is 0 Å². The lowest BCUT2D eigenvalue weighted by Crippen LogP contribution is -2.28. The predicted octanol–water partition coefficient (Wildman–Crippen LogP) is 1.98. The molecule has 124 valence electrons. The van der Waals surface area contributed by atoms with Crippen molar-refractivity contribution in [3.63, 3.8) is 0 Å². The second-order valence-corrected chi connectivity index (χ2v) is 6.03. The number of imide groups is 1. The van der Waals surface area contributed by atoms with Gasteiger partial charge in [-0.05, 0) is 29.5 Å². The molecule has 2 amide bonds. The highest BCUT2D eigenvalue weighted by atomic mass is 32.2. The smallest absolute Gasteiger partial charge is 0.294 e. The summed E-state index contributed by atoms with van der Waals surface area (Å²) in [6.45, 7) is -0.0732. The molecule has 0 radical (unpaired) electrons. The Bertz CT molecular complexity index is 933. The number of terminal acetylenes is 1. The number of furan rings is 1. The predicted molar refractivity (Wildman–Crippen MR) is 90.0 cm³/mol. The zero-order valence-corrected chi connectivity index (χ0v) is 13.5. The second-order valence-electron chi connectivity index (χ2n) is 5.04. The van der Waals surface area contributed by atoms with Gasteiger partial charge in [0.2, 0.25) is 0 Å². The van der Waals surface area contributed by atoms with Gasteiger partial charge in [0.15, 0.2) is 0 Å². The van der Waals surface area contributed by atoms with Crippen molar-refractivity contribution in [1.29, 1.82) is 0 Å². The number of amides is 2. The molecular formula is C18H10NO5S-. The Kier molecular flexibility index (Phi) is 4.46. The molecule has 2 aromatic rings. The molecule has 0 bridgehead atoms. The zero-order chi connectivity index (χ0) is 18.0. The molecular weight excluding hydrogens is 342 g/mol. The summed E-state index contributed by atoms with van der Waals surface area (Å²) in [6, 6.07) is 9.35. The van der Waals surface area contributed by atoms with Gasteiger partial charge in [0.05, 0.1) is 17.4 Å². The first-order valence-electron chi connectivity index (χ1n) is 7.10. The lowest BCUT2D eigenvalue weighted by atomic mass is 10.1. The SMILES string of the molecule is C#CCN1C(=O)S/C(=C\c2ccc(-c3ccc(C(=O)[O-])cc3)o2)C1=O. The Balaban J connectivity index is 1.82. The van der Waals surface area contributed by atoms with Crippen LogP contribution < -0.4 is 5.11 Å². The number of carboxylic acid groups (broad SMARTS) is 1. The summed E-state index contributed by atoms with van der Waals surface area (Å²) >= 11 is 0.798. The minimum atomic E-state index is -1.26. The fourth-order valence-electron chi connectivity index (χ4n) is 2.21. The lowest BCUT2D eigenvalue weighted by Gasteiger charge is -2.06. The number of carbonyl (C=O) groups excluding carboxylic acids is 3. The zero-order valence-electron chi connectivity index (χ0n) is 12.7. The van der Waals surface area contributed by atoms with E-state index < -0.39 is 17.1 Å². The highest BCUT2D eigenvalue weighted by Gasteiger charge is 2.34. The fourth-order valence-corrected chi connectivity index (χ4v) is 3.03. The van der Waals surface area contributed by atoms with E-state index in [1.165, 1.54) is 18.2 Å².